The summed E-state index contributed by atoms with van der Waals surface area (Å²) in [5.41, 5.74) is 3.24. The van der Waals surface area contributed by atoms with Crippen molar-refractivity contribution in [3.8, 4) is 11.4 Å². The van der Waals surface area contributed by atoms with Crippen LogP contribution in [0.5, 0.6) is 0 Å². The summed E-state index contributed by atoms with van der Waals surface area (Å²) >= 11 is 1.49. The molecule has 6 aromatic rings. The van der Waals surface area contributed by atoms with Crippen LogP contribution in [0.15, 0.2) is 90.5 Å². The first-order chi connectivity index (χ1) is 17.1. The van der Waals surface area contributed by atoms with Gasteiger partial charge in [0.1, 0.15) is 10.7 Å². The number of carbonyl (C=O) groups is 2. The number of hydrogen-bond acceptors (Lipinski definition) is 4. The van der Waals surface area contributed by atoms with Crippen LogP contribution in [0.25, 0.3) is 49.4 Å². The first kappa shape index (κ1) is 20.1. The fourth-order valence-corrected chi connectivity index (χ4v) is 6.01. The van der Waals surface area contributed by atoms with Crippen molar-refractivity contribution in [3.63, 3.8) is 0 Å². The van der Waals surface area contributed by atoms with E-state index in [-0.39, 0.29) is 17.1 Å². The summed E-state index contributed by atoms with van der Waals surface area (Å²) in [7, 11) is 2.00. The average molecular weight is 471 g/mol. The molecule has 0 spiro atoms. The molecule has 166 valence electrons. The van der Waals surface area contributed by atoms with E-state index in [0.717, 1.165) is 42.8 Å². The van der Waals surface area contributed by atoms with Crippen molar-refractivity contribution >= 4 is 60.9 Å². The zero-order valence-corrected chi connectivity index (χ0v) is 19.6. The molecule has 0 fully saturated rings. The summed E-state index contributed by atoms with van der Waals surface area (Å²) in [4.78, 5) is 32.9. The maximum Gasteiger partial charge on any atom is 0.197 e. The van der Waals surface area contributed by atoms with Crippen molar-refractivity contribution < 1.29 is 9.59 Å². The maximum absolute atomic E-state index is 13.1. The number of ketones is 2. The van der Waals surface area contributed by atoms with Crippen LogP contribution in [0.2, 0.25) is 0 Å². The molecule has 0 saturated heterocycles. The number of carbonyl (C=O) groups excluding carboxylic acids is 2. The molecule has 0 amide bonds. The van der Waals surface area contributed by atoms with Gasteiger partial charge in [0, 0.05) is 28.6 Å². The molecule has 0 unspecified atom stereocenters. The highest BCUT2D eigenvalue weighted by Crippen LogP contribution is 2.36. The number of rotatable bonds is 2. The van der Waals surface area contributed by atoms with Crippen LogP contribution < -0.4 is 0 Å². The molecule has 0 atom stereocenters. The van der Waals surface area contributed by atoms with E-state index < -0.39 is 0 Å². The maximum atomic E-state index is 13.1. The van der Waals surface area contributed by atoms with Crippen LogP contribution in [-0.2, 0) is 7.05 Å². The van der Waals surface area contributed by atoms with E-state index in [1.54, 1.807) is 6.08 Å². The van der Waals surface area contributed by atoms with Crippen molar-refractivity contribution in [3.05, 3.63) is 107 Å². The predicted molar refractivity (Wildman–Crippen MR) is 142 cm³/mol. The van der Waals surface area contributed by atoms with E-state index in [1.165, 1.54) is 16.7 Å². The lowest BCUT2D eigenvalue weighted by Gasteiger charge is -2.06. The van der Waals surface area contributed by atoms with E-state index >= 15 is 0 Å². The Hall–Kier alpha value is -4.35. The number of Topliss-reactive ketones (excluding diaryl/α,β-unsaturated/α-hetero) is 2. The van der Waals surface area contributed by atoms with Crippen molar-refractivity contribution in [2.24, 2.45) is 7.05 Å². The first-order valence-electron chi connectivity index (χ1n) is 11.4. The second-order valence-corrected chi connectivity index (χ2v) is 9.88. The highest BCUT2D eigenvalue weighted by Gasteiger charge is 2.33. The number of imidazole rings is 1. The molecule has 35 heavy (non-hydrogen) atoms. The highest BCUT2D eigenvalue weighted by molar-refractivity contribution is 7.19. The van der Waals surface area contributed by atoms with Crippen LogP contribution in [0, 0.1) is 0 Å². The summed E-state index contributed by atoms with van der Waals surface area (Å²) < 4.78 is 2.08. The Morgan fingerprint density at radius 3 is 2.06 bits per heavy atom. The van der Waals surface area contributed by atoms with Gasteiger partial charge in [-0.3, -0.25) is 9.59 Å². The van der Waals surface area contributed by atoms with E-state index in [0.29, 0.717) is 11.1 Å². The van der Waals surface area contributed by atoms with Crippen molar-refractivity contribution in [1.82, 2.24) is 9.55 Å². The number of hydrogen-bond donors (Lipinski definition) is 0. The van der Waals surface area contributed by atoms with Crippen LogP contribution in [0.4, 0.5) is 0 Å². The second-order valence-electron chi connectivity index (χ2n) is 8.82. The number of nitrogens with zero attached hydrogens (tertiary/aromatic N) is 2. The number of thiophene rings is 1. The molecule has 0 saturated carbocycles. The minimum Gasteiger partial charge on any atom is -0.326 e. The Labute approximate surface area is 204 Å². The monoisotopic (exact) mass is 470 g/mol. The van der Waals surface area contributed by atoms with E-state index in [2.05, 4.69) is 34.9 Å². The number of allylic oxidation sites excluding steroid dienone is 1. The van der Waals surface area contributed by atoms with Crippen LogP contribution in [0.3, 0.4) is 0 Å². The largest absolute Gasteiger partial charge is 0.326 e. The van der Waals surface area contributed by atoms with E-state index in [1.807, 2.05) is 61.6 Å². The smallest absolute Gasteiger partial charge is 0.197 e. The van der Waals surface area contributed by atoms with E-state index in [4.69, 9.17) is 4.98 Å². The van der Waals surface area contributed by atoms with Crippen LogP contribution in [0.1, 0.15) is 25.6 Å². The predicted octanol–water partition coefficient (Wildman–Crippen LogP) is 7.07. The molecule has 0 aliphatic heterocycles. The third-order valence-electron chi connectivity index (χ3n) is 6.78. The molecule has 0 bridgehead atoms. The Kier molecular flexibility index (Phi) is 4.20. The molecule has 2 heterocycles. The first-order valence-corrected chi connectivity index (χ1v) is 12.2. The summed E-state index contributed by atoms with van der Waals surface area (Å²) in [5.74, 6) is 0.476. The molecule has 1 aliphatic rings. The standard InChI is InChI=1S/C30H18N2O2S/c1-32-26-16-20(35-30(26)31-29(32)22-12-6-10-17-7-4-5-11-21(17)22)15-25-27(33)23-13-18-8-2-3-9-19(18)14-24(23)28(25)34/h2-16H,1H3. The molecule has 5 heteroatoms. The zero-order chi connectivity index (χ0) is 23.7. The normalized spacial score (nSPS) is 13.3. The van der Waals surface area contributed by atoms with Crippen molar-refractivity contribution in [2.45, 2.75) is 0 Å². The van der Waals surface area contributed by atoms with E-state index in [9.17, 15) is 9.59 Å². The van der Waals surface area contributed by atoms with Crippen molar-refractivity contribution in [2.75, 3.05) is 0 Å². The molecule has 4 nitrogen and oxygen atoms in total. The van der Waals surface area contributed by atoms with Gasteiger partial charge < -0.3 is 4.57 Å². The Morgan fingerprint density at radius 2 is 1.37 bits per heavy atom. The number of aromatic nitrogens is 2. The molecule has 2 aromatic heterocycles. The van der Waals surface area contributed by atoms with Crippen LogP contribution >= 0.6 is 11.3 Å². The molecule has 0 N–H and O–H groups in total. The minimum atomic E-state index is -0.211. The third-order valence-corrected chi connectivity index (χ3v) is 7.75. The SMILES string of the molecule is Cn1c(-c2cccc3ccccc23)nc2sc(C=C3C(=O)c4cc5ccccc5cc4C3=O)cc21. The molecule has 7 rings (SSSR count). The Balaban J connectivity index is 1.31. The molecule has 0 radical (unpaired) electrons. The van der Waals surface area contributed by atoms with Gasteiger partial charge in [0.2, 0.25) is 0 Å². The summed E-state index contributed by atoms with van der Waals surface area (Å²) in [5, 5.41) is 4.25. The Morgan fingerprint density at radius 1 is 0.743 bits per heavy atom. The fraction of sp³-hybridized carbons (Fsp3) is 0.0333. The molecule has 1 aliphatic carbocycles. The lowest BCUT2D eigenvalue weighted by Crippen LogP contribution is -1.99. The number of aryl methyl sites for hydroxylation is 1. The van der Waals surface area contributed by atoms with Gasteiger partial charge in [0.05, 0.1) is 11.1 Å². The quantitative estimate of drug-likeness (QED) is 0.201. The van der Waals surface area contributed by atoms with Gasteiger partial charge in [-0.05, 0) is 45.8 Å². The summed E-state index contributed by atoms with van der Waals surface area (Å²) in [6, 6.07) is 28.0. The summed E-state index contributed by atoms with van der Waals surface area (Å²) in [6.45, 7) is 0. The average Bonchev–Trinajstić information content (AvgIpc) is 3.50. The summed E-state index contributed by atoms with van der Waals surface area (Å²) in [6.07, 6.45) is 1.72. The lowest BCUT2D eigenvalue weighted by molar-refractivity contribution is 0.0990. The molecular weight excluding hydrogens is 452 g/mol. The number of benzene rings is 4. The van der Waals surface area contributed by atoms with Gasteiger partial charge in [0.25, 0.3) is 0 Å². The van der Waals surface area contributed by atoms with Gasteiger partial charge in [-0.2, -0.15) is 0 Å². The fourth-order valence-electron chi connectivity index (χ4n) is 5.01. The van der Waals surface area contributed by atoms with Gasteiger partial charge in [-0.15, -0.1) is 11.3 Å². The van der Waals surface area contributed by atoms with Gasteiger partial charge in [-0.1, -0.05) is 66.7 Å². The van der Waals surface area contributed by atoms with Gasteiger partial charge in [-0.25, -0.2) is 4.98 Å². The van der Waals surface area contributed by atoms with Gasteiger partial charge in [0.15, 0.2) is 11.6 Å². The Bertz CT molecular complexity index is 1840. The third kappa shape index (κ3) is 2.95. The van der Waals surface area contributed by atoms with Crippen LogP contribution in [-0.4, -0.2) is 21.1 Å². The second kappa shape index (κ2) is 7.32. The van der Waals surface area contributed by atoms with Gasteiger partial charge >= 0.3 is 0 Å². The topological polar surface area (TPSA) is 52.0 Å². The zero-order valence-electron chi connectivity index (χ0n) is 18.8. The lowest BCUT2D eigenvalue weighted by atomic mass is 10.0. The van der Waals surface area contributed by atoms with Crippen molar-refractivity contribution in [1.29, 1.82) is 0 Å². The molecule has 4 aromatic carbocycles. The minimum absolute atomic E-state index is 0.211. The molecular formula is C30H18N2O2S. The highest BCUT2D eigenvalue weighted by atomic mass is 32.1. The number of fused-ring (bicyclic) bond motifs is 4.